The second-order valence-electron chi connectivity index (χ2n) is 4.65. The maximum Gasteiger partial charge on any atom is 0.250 e. The molecule has 1 aliphatic heterocycles. The number of hydrogen-bond donors (Lipinski definition) is 2. The van der Waals surface area contributed by atoms with E-state index in [1.165, 1.54) is 0 Å². The summed E-state index contributed by atoms with van der Waals surface area (Å²) < 4.78 is 26.9. The number of hydrogen-bond acceptors (Lipinski definition) is 5. The molecule has 1 aliphatic rings. The third-order valence-electron chi connectivity index (χ3n) is 3.11. The fourth-order valence-electron chi connectivity index (χ4n) is 2.08. The molecule has 0 amide bonds. The average molecular weight is 290 g/mol. The van der Waals surface area contributed by atoms with E-state index in [0.29, 0.717) is 17.3 Å². The lowest BCUT2D eigenvalue weighted by atomic mass is 10.1. The summed E-state index contributed by atoms with van der Waals surface area (Å²) in [6.07, 6.45) is 1.03. The molecule has 1 saturated heterocycles. The van der Waals surface area contributed by atoms with E-state index in [1.54, 1.807) is 12.1 Å². The summed E-state index contributed by atoms with van der Waals surface area (Å²) in [4.78, 5) is 2.87. The zero-order chi connectivity index (χ0) is 13.2. The number of sulfonamides is 1. The molecule has 0 aromatic carbocycles. The highest BCUT2D eigenvalue weighted by Gasteiger charge is 2.23. The molecule has 0 saturated carbocycles. The Morgan fingerprint density at radius 2 is 2.33 bits per heavy atom. The Labute approximate surface area is 111 Å². The number of thiophene rings is 1. The number of aliphatic hydroxyl groups excluding tert-OH is 1. The quantitative estimate of drug-likeness (QED) is 0.827. The number of nitrogens with zero attached hydrogens (tertiary/aromatic N) is 1. The van der Waals surface area contributed by atoms with E-state index in [1.807, 2.05) is 7.05 Å². The molecule has 2 heterocycles. The van der Waals surface area contributed by atoms with Crippen LogP contribution in [0.15, 0.2) is 16.3 Å². The molecule has 5 nitrogen and oxygen atoms in total. The van der Waals surface area contributed by atoms with E-state index >= 15 is 0 Å². The van der Waals surface area contributed by atoms with Crippen molar-refractivity contribution in [3.63, 3.8) is 0 Å². The minimum Gasteiger partial charge on any atom is -0.391 e. The fraction of sp³-hybridized carbons (Fsp3) is 0.636. The van der Waals surface area contributed by atoms with Crippen molar-refractivity contribution >= 4 is 21.4 Å². The second-order valence-corrected chi connectivity index (χ2v) is 7.81. The van der Waals surface area contributed by atoms with Crippen LogP contribution in [-0.2, 0) is 16.6 Å². The van der Waals surface area contributed by atoms with Gasteiger partial charge in [0.2, 0.25) is 10.0 Å². The van der Waals surface area contributed by atoms with Crippen molar-refractivity contribution in [3.8, 4) is 0 Å². The highest BCUT2D eigenvalue weighted by Crippen LogP contribution is 2.22. The number of aliphatic hydroxyl groups is 1. The van der Waals surface area contributed by atoms with Gasteiger partial charge < -0.3 is 10.0 Å². The summed E-state index contributed by atoms with van der Waals surface area (Å²) in [5.74, 6) is 0.391. The molecule has 1 aromatic heterocycles. The van der Waals surface area contributed by atoms with Crippen LogP contribution in [0, 0.1) is 5.92 Å². The molecule has 0 aliphatic carbocycles. The largest absolute Gasteiger partial charge is 0.391 e. The predicted octanol–water partition coefficient (Wildman–Crippen LogP) is 0.470. The first-order valence-electron chi connectivity index (χ1n) is 5.89. The Kier molecular flexibility index (Phi) is 4.39. The molecule has 0 radical (unpaired) electrons. The van der Waals surface area contributed by atoms with E-state index in [2.05, 4.69) is 9.62 Å². The van der Waals surface area contributed by atoms with Crippen molar-refractivity contribution in [1.29, 1.82) is 0 Å². The topological polar surface area (TPSA) is 69.6 Å². The first-order chi connectivity index (χ1) is 8.51. The van der Waals surface area contributed by atoms with Crippen LogP contribution in [0.2, 0.25) is 0 Å². The molecule has 1 aromatic rings. The van der Waals surface area contributed by atoms with Crippen molar-refractivity contribution in [2.75, 3.05) is 26.7 Å². The summed E-state index contributed by atoms with van der Waals surface area (Å²) in [6, 6.07) is 3.18. The summed E-state index contributed by atoms with van der Waals surface area (Å²) in [6.45, 7) is 2.33. The third kappa shape index (κ3) is 3.30. The normalized spacial score (nSPS) is 21.6. The minimum absolute atomic E-state index is 0.117. The zero-order valence-corrected chi connectivity index (χ0v) is 11.9. The maximum atomic E-state index is 12.0. The van der Waals surface area contributed by atoms with Gasteiger partial charge in [0.25, 0.3) is 0 Å². The Morgan fingerprint density at radius 3 is 2.89 bits per heavy atom. The molecule has 0 spiro atoms. The lowest BCUT2D eigenvalue weighted by Crippen LogP contribution is -2.30. The van der Waals surface area contributed by atoms with Crippen LogP contribution < -0.4 is 4.72 Å². The fourth-order valence-corrected chi connectivity index (χ4v) is 4.46. The molecule has 1 unspecified atom stereocenters. The smallest absolute Gasteiger partial charge is 0.250 e. The van der Waals surface area contributed by atoms with Gasteiger partial charge in [-0.1, -0.05) is 0 Å². The van der Waals surface area contributed by atoms with Crippen LogP contribution in [-0.4, -0.2) is 45.1 Å². The van der Waals surface area contributed by atoms with Gasteiger partial charge in [-0.05, 0) is 38.1 Å². The number of rotatable bonds is 5. The summed E-state index contributed by atoms with van der Waals surface area (Å²) >= 11 is 1.11. The first kappa shape index (κ1) is 14.0. The lowest BCUT2D eigenvalue weighted by Gasteiger charge is -2.11. The van der Waals surface area contributed by atoms with E-state index < -0.39 is 10.0 Å². The first-order valence-corrected chi connectivity index (χ1v) is 8.19. The molecule has 7 heteroatoms. The van der Waals surface area contributed by atoms with E-state index in [9.17, 15) is 8.42 Å². The molecule has 1 fully saturated rings. The van der Waals surface area contributed by atoms with Gasteiger partial charge in [0.15, 0.2) is 0 Å². The van der Waals surface area contributed by atoms with Crippen LogP contribution in [0.5, 0.6) is 0 Å². The van der Waals surface area contributed by atoms with Gasteiger partial charge in [-0.25, -0.2) is 13.1 Å². The van der Waals surface area contributed by atoms with Crippen LogP contribution >= 0.6 is 11.3 Å². The SMILES string of the molecule is CN1CCC(CNS(=O)(=O)c2ccc(CO)s2)C1. The molecule has 18 heavy (non-hydrogen) atoms. The Balaban J connectivity index is 1.95. The highest BCUT2D eigenvalue weighted by molar-refractivity contribution is 7.91. The average Bonchev–Trinajstić information content (AvgIpc) is 2.95. The van der Waals surface area contributed by atoms with Crippen molar-refractivity contribution < 1.29 is 13.5 Å². The van der Waals surface area contributed by atoms with Crippen molar-refractivity contribution in [3.05, 3.63) is 17.0 Å². The van der Waals surface area contributed by atoms with Crippen molar-refractivity contribution in [2.45, 2.75) is 17.2 Å². The minimum atomic E-state index is -3.42. The van der Waals surface area contributed by atoms with Gasteiger partial charge in [-0.2, -0.15) is 0 Å². The Hall–Kier alpha value is -0.470. The van der Waals surface area contributed by atoms with Gasteiger partial charge in [0.1, 0.15) is 4.21 Å². The van der Waals surface area contributed by atoms with Crippen LogP contribution in [0.1, 0.15) is 11.3 Å². The molecule has 102 valence electrons. The summed E-state index contributed by atoms with van der Waals surface area (Å²) in [5.41, 5.74) is 0. The van der Waals surface area contributed by atoms with Crippen LogP contribution in [0.25, 0.3) is 0 Å². The predicted molar refractivity (Wildman–Crippen MR) is 71.0 cm³/mol. The number of likely N-dealkylation sites (tertiary alicyclic amines) is 1. The van der Waals surface area contributed by atoms with Crippen LogP contribution in [0.4, 0.5) is 0 Å². The van der Waals surface area contributed by atoms with Gasteiger partial charge in [-0.15, -0.1) is 11.3 Å². The van der Waals surface area contributed by atoms with E-state index in [0.717, 1.165) is 30.8 Å². The monoisotopic (exact) mass is 290 g/mol. The molecular weight excluding hydrogens is 272 g/mol. The standard InChI is InChI=1S/C11H18N2O3S2/c1-13-5-4-9(7-13)6-12-18(15,16)11-3-2-10(8-14)17-11/h2-3,9,12,14H,4-8H2,1H3. The van der Waals surface area contributed by atoms with Crippen molar-refractivity contribution in [2.24, 2.45) is 5.92 Å². The summed E-state index contributed by atoms with van der Waals surface area (Å²) in [7, 11) is -1.37. The van der Waals surface area contributed by atoms with Gasteiger partial charge in [-0.3, -0.25) is 0 Å². The molecular formula is C11H18N2O3S2. The lowest BCUT2D eigenvalue weighted by molar-refractivity contribution is 0.285. The second kappa shape index (κ2) is 5.66. The number of nitrogens with one attached hydrogen (secondary N) is 1. The van der Waals surface area contributed by atoms with Gasteiger partial charge in [0.05, 0.1) is 6.61 Å². The molecule has 0 bridgehead atoms. The molecule has 2 rings (SSSR count). The van der Waals surface area contributed by atoms with Crippen molar-refractivity contribution in [1.82, 2.24) is 9.62 Å². The van der Waals surface area contributed by atoms with Gasteiger partial charge >= 0.3 is 0 Å². The molecule has 2 N–H and O–H groups in total. The highest BCUT2D eigenvalue weighted by atomic mass is 32.2. The van der Waals surface area contributed by atoms with E-state index in [4.69, 9.17) is 5.11 Å². The van der Waals surface area contributed by atoms with Crippen LogP contribution in [0.3, 0.4) is 0 Å². The summed E-state index contributed by atoms with van der Waals surface area (Å²) in [5, 5.41) is 8.94. The Bertz CT molecular complexity index is 498. The van der Waals surface area contributed by atoms with E-state index in [-0.39, 0.29) is 10.8 Å². The van der Waals surface area contributed by atoms with Gasteiger partial charge in [0, 0.05) is 18.0 Å². The Morgan fingerprint density at radius 1 is 1.56 bits per heavy atom. The molecule has 1 atom stereocenters. The zero-order valence-electron chi connectivity index (χ0n) is 10.3. The maximum absolute atomic E-state index is 12.0. The third-order valence-corrected chi connectivity index (χ3v) is 6.09.